The molecule has 1 radical (unpaired) electrons. The Kier molecular flexibility index (Phi) is 2.49. The van der Waals surface area contributed by atoms with Crippen LogP contribution in [0.25, 0.3) is 0 Å². The lowest BCUT2D eigenvalue weighted by Gasteiger charge is -1.98. The van der Waals surface area contributed by atoms with Crippen LogP contribution in [0.4, 0.5) is 0 Å². The van der Waals surface area contributed by atoms with Crippen molar-refractivity contribution in [2.75, 3.05) is 0 Å². The zero-order valence-electron chi connectivity index (χ0n) is 5.80. The predicted molar refractivity (Wildman–Crippen MR) is 40.4 cm³/mol. The number of nitrogens with zero attached hydrogens (tertiary/aromatic N) is 1. The van der Waals surface area contributed by atoms with Gasteiger partial charge in [0.1, 0.15) is 6.04 Å². The SMILES string of the molecule is CCCC[C]1C=CC=N1. The number of hydrogen-bond acceptors (Lipinski definition) is 1. The molecular formula is C8H12N. The molecule has 0 saturated carbocycles. The van der Waals surface area contributed by atoms with E-state index >= 15 is 0 Å². The maximum Gasteiger partial charge on any atom is 0.108 e. The summed E-state index contributed by atoms with van der Waals surface area (Å²) in [5.74, 6) is 0. The molecule has 0 aromatic rings. The molecule has 0 aliphatic carbocycles. The fourth-order valence-corrected chi connectivity index (χ4v) is 0.842. The summed E-state index contributed by atoms with van der Waals surface area (Å²) in [6.07, 6.45) is 9.58. The molecule has 9 heavy (non-hydrogen) atoms. The summed E-state index contributed by atoms with van der Waals surface area (Å²) >= 11 is 0. The molecule has 0 aromatic carbocycles. The minimum Gasteiger partial charge on any atom is -0.279 e. The zero-order chi connectivity index (χ0) is 6.53. The molecule has 0 N–H and O–H groups in total. The summed E-state index contributed by atoms with van der Waals surface area (Å²) < 4.78 is 0. The molecule has 0 bridgehead atoms. The van der Waals surface area contributed by atoms with Gasteiger partial charge in [-0.05, 0) is 12.5 Å². The topological polar surface area (TPSA) is 12.4 Å². The van der Waals surface area contributed by atoms with E-state index in [0.717, 1.165) is 6.42 Å². The van der Waals surface area contributed by atoms with Crippen LogP contribution in [0.2, 0.25) is 0 Å². The molecule has 1 nitrogen and oxygen atoms in total. The van der Waals surface area contributed by atoms with Gasteiger partial charge in [-0.1, -0.05) is 25.8 Å². The molecular weight excluding hydrogens is 110 g/mol. The Morgan fingerprint density at radius 2 is 2.44 bits per heavy atom. The van der Waals surface area contributed by atoms with Crippen LogP contribution in [0.15, 0.2) is 17.1 Å². The highest BCUT2D eigenvalue weighted by atomic mass is 14.8. The molecule has 1 aliphatic rings. The van der Waals surface area contributed by atoms with Crippen LogP contribution in [-0.2, 0) is 0 Å². The molecule has 0 fully saturated rings. The molecule has 1 rings (SSSR count). The summed E-state index contributed by atoms with van der Waals surface area (Å²) in [5.41, 5.74) is 0. The first kappa shape index (κ1) is 6.53. The molecule has 1 heterocycles. The second kappa shape index (κ2) is 3.44. The lowest BCUT2D eigenvalue weighted by Crippen LogP contribution is -1.84. The van der Waals surface area contributed by atoms with Crippen LogP contribution in [0.3, 0.4) is 0 Å². The van der Waals surface area contributed by atoms with Crippen LogP contribution in [0.1, 0.15) is 26.2 Å². The van der Waals surface area contributed by atoms with Crippen molar-refractivity contribution in [3.63, 3.8) is 0 Å². The van der Waals surface area contributed by atoms with Crippen LogP contribution in [-0.4, -0.2) is 6.21 Å². The van der Waals surface area contributed by atoms with Gasteiger partial charge in [-0.3, -0.25) is 4.99 Å². The zero-order valence-corrected chi connectivity index (χ0v) is 5.80. The molecule has 0 aromatic heterocycles. The van der Waals surface area contributed by atoms with Crippen molar-refractivity contribution in [3.05, 3.63) is 18.2 Å². The first-order valence-corrected chi connectivity index (χ1v) is 3.50. The van der Waals surface area contributed by atoms with E-state index in [1.807, 2.05) is 12.3 Å². The highest BCUT2D eigenvalue weighted by Crippen LogP contribution is 2.16. The Labute approximate surface area is 56.5 Å². The van der Waals surface area contributed by atoms with Crippen molar-refractivity contribution in [1.29, 1.82) is 0 Å². The van der Waals surface area contributed by atoms with Crippen molar-refractivity contribution >= 4 is 6.21 Å². The Bertz CT molecular complexity index is 113. The van der Waals surface area contributed by atoms with E-state index in [-0.39, 0.29) is 0 Å². The van der Waals surface area contributed by atoms with Crippen LogP contribution in [0, 0.1) is 6.04 Å². The molecule has 0 unspecified atom stereocenters. The van der Waals surface area contributed by atoms with E-state index in [2.05, 4.69) is 18.0 Å². The minimum absolute atomic E-state index is 1.14. The highest BCUT2D eigenvalue weighted by molar-refractivity contribution is 5.75. The Balaban J connectivity index is 2.13. The third kappa shape index (κ3) is 2.00. The minimum atomic E-state index is 1.14. The second-order valence-corrected chi connectivity index (χ2v) is 2.23. The van der Waals surface area contributed by atoms with E-state index in [9.17, 15) is 0 Å². The molecule has 1 aliphatic heterocycles. The highest BCUT2D eigenvalue weighted by Gasteiger charge is 2.03. The summed E-state index contributed by atoms with van der Waals surface area (Å²) in [5, 5.41) is 0. The fraction of sp³-hybridized carbons (Fsp3) is 0.500. The van der Waals surface area contributed by atoms with Crippen molar-refractivity contribution < 1.29 is 0 Å². The predicted octanol–water partition coefficient (Wildman–Crippen LogP) is 2.35. The smallest absolute Gasteiger partial charge is 0.108 e. The average molecular weight is 122 g/mol. The van der Waals surface area contributed by atoms with Crippen molar-refractivity contribution in [2.24, 2.45) is 4.99 Å². The van der Waals surface area contributed by atoms with Gasteiger partial charge in [0, 0.05) is 6.21 Å². The Morgan fingerprint density at radius 3 is 3.00 bits per heavy atom. The first-order chi connectivity index (χ1) is 4.43. The lowest BCUT2D eigenvalue weighted by atomic mass is 10.1. The third-order valence-corrected chi connectivity index (χ3v) is 1.40. The van der Waals surface area contributed by atoms with Gasteiger partial charge in [0.15, 0.2) is 0 Å². The van der Waals surface area contributed by atoms with Crippen LogP contribution < -0.4 is 0 Å². The van der Waals surface area contributed by atoms with Gasteiger partial charge in [0.25, 0.3) is 0 Å². The molecule has 0 atom stereocenters. The van der Waals surface area contributed by atoms with Crippen molar-refractivity contribution in [2.45, 2.75) is 26.2 Å². The lowest BCUT2D eigenvalue weighted by molar-refractivity contribution is 0.745. The van der Waals surface area contributed by atoms with Crippen molar-refractivity contribution in [3.8, 4) is 0 Å². The number of aliphatic imine (C=N–C) groups is 1. The first-order valence-electron chi connectivity index (χ1n) is 3.50. The van der Waals surface area contributed by atoms with Gasteiger partial charge in [0.05, 0.1) is 0 Å². The van der Waals surface area contributed by atoms with Crippen molar-refractivity contribution in [1.82, 2.24) is 0 Å². The summed E-state index contributed by atoms with van der Waals surface area (Å²) in [4.78, 5) is 4.15. The average Bonchev–Trinajstić information content (AvgIpc) is 2.34. The fourth-order valence-electron chi connectivity index (χ4n) is 0.842. The van der Waals surface area contributed by atoms with E-state index in [4.69, 9.17) is 0 Å². The standard InChI is InChI=1S/C8H12N/c1-2-3-5-8-6-4-7-9-8/h4,6-7H,2-3,5H2,1H3. The van der Waals surface area contributed by atoms with E-state index < -0.39 is 0 Å². The normalized spacial score (nSPS) is 17.4. The Morgan fingerprint density at radius 1 is 1.56 bits per heavy atom. The van der Waals surface area contributed by atoms with Gasteiger partial charge >= 0.3 is 0 Å². The van der Waals surface area contributed by atoms with Gasteiger partial charge in [0.2, 0.25) is 0 Å². The summed E-state index contributed by atoms with van der Waals surface area (Å²) in [6.45, 7) is 2.20. The molecule has 0 spiro atoms. The van der Waals surface area contributed by atoms with Gasteiger partial charge in [-0.25, -0.2) is 0 Å². The summed E-state index contributed by atoms with van der Waals surface area (Å²) in [6, 6.07) is 1.23. The molecule has 49 valence electrons. The number of unbranched alkanes of at least 4 members (excludes halogenated alkanes) is 1. The maximum absolute atomic E-state index is 4.15. The number of hydrogen-bond donors (Lipinski definition) is 0. The molecule has 1 heteroatoms. The monoisotopic (exact) mass is 122 g/mol. The van der Waals surface area contributed by atoms with E-state index in [0.29, 0.717) is 0 Å². The van der Waals surface area contributed by atoms with Gasteiger partial charge in [-0.2, -0.15) is 0 Å². The molecule has 0 saturated heterocycles. The third-order valence-electron chi connectivity index (χ3n) is 1.40. The van der Waals surface area contributed by atoms with E-state index in [1.165, 1.54) is 18.9 Å². The second-order valence-electron chi connectivity index (χ2n) is 2.23. The van der Waals surface area contributed by atoms with Crippen LogP contribution in [0.5, 0.6) is 0 Å². The number of allylic oxidation sites excluding steroid dienone is 1. The van der Waals surface area contributed by atoms with Crippen LogP contribution >= 0.6 is 0 Å². The summed E-state index contributed by atoms with van der Waals surface area (Å²) in [7, 11) is 0. The maximum atomic E-state index is 4.15. The largest absolute Gasteiger partial charge is 0.279 e. The Hall–Kier alpha value is -0.590. The molecule has 0 amide bonds. The quantitative estimate of drug-likeness (QED) is 0.545. The van der Waals surface area contributed by atoms with Gasteiger partial charge in [-0.15, -0.1) is 0 Å². The number of rotatable bonds is 3. The van der Waals surface area contributed by atoms with E-state index in [1.54, 1.807) is 0 Å². The van der Waals surface area contributed by atoms with Gasteiger partial charge < -0.3 is 0 Å².